The highest BCUT2D eigenvalue weighted by atomic mass is 32.2. The van der Waals surface area contributed by atoms with Crippen molar-refractivity contribution < 1.29 is 9.53 Å². The van der Waals surface area contributed by atoms with Crippen molar-refractivity contribution in [1.29, 1.82) is 0 Å². The molecule has 1 aliphatic rings. The molecule has 16 heavy (non-hydrogen) atoms. The van der Waals surface area contributed by atoms with E-state index in [4.69, 9.17) is 4.74 Å². The standard InChI is InChI=1S/C11H12N2O2S/c1-13-12-9(7-14)8-16(13)11-5-3-10(15-2)4-6-11/h3-8H,1-2H3. The minimum Gasteiger partial charge on any atom is -0.497 e. The van der Waals surface area contributed by atoms with Crippen LogP contribution in [0.2, 0.25) is 0 Å². The second-order valence-electron chi connectivity index (χ2n) is 3.21. The number of nitrogens with zero attached hydrogens (tertiary/aromatic N) is 2. The molecule has 1 atom stereocenters. The number of aldehydes is 1. The van der Waals surface area contributed by atoms with Gasteiger partial charge in [-0.3, -0.25) is 4.79 Å². The van der Waals surface area contributed by atoms with E-state index in [-0.39, 0.29) is 10.7 Å². The van der Waals surface area contributed by atoms with Gasteiger partial charge in [-0.15, -0.1) is 0 Å². The van der Waals surface area contributed by atoms with Crippen molar-refractivity contribution >= 4 is 28.0 Å². The lowest BCUT2D eigenvalue weighted by molar-refractivity contribution is -0.102. The van der Waals surface area contributed by atoms with E-state index >= 15 is 0 Å². The molecule has 0 radical (unpaired) electrons. The Kier molecular flexibility index (Phi) is 3.05. The van der Waals surface area contributed by atoms with Crippen molar-refractivity contribution in [3.8, 4) is 5.75 Å². The molecule has 0 fully saturated rings. The van der Waals surface area contributed by atoms with E-state index in [1.165, 1.54) is 0 Å². The van der Waals surface area contributed by atoms with Gasteiger partial charge in [0, 0.05) is 17.3 Å². The molecule has 1 heterocycles. The van der Waals surface area contributed by atoms with Gasteiger partial charge in [-0.2, -0.15) is 5.10 Å². The van der Waals surface area contributed by atoms with Crippen LogP contribution in [0.1, 0.15) is 0 Å². The molecular formula is C11H12N2O2S. The molecule has 5 heteroatoms. The number of hydrogen-bond donors (Lipinski definition) is 0. The molecule has 0 spiro atoms. The minimum atomic E-state index is -0.258. The summed E-state index contributed by atoms with van der Waals surface area (Å²) in [5, 5.41) is 5.98. The lowest BCUT2D eigenvalue weighted by atomic mass is 10.3. The van der Waals surface area contributed by atoms with E-state index in [2.05, 4.69) is 5.10 Å². The second kappa shape index (κ2) is 4.49. The van der Waals surface area contributed by atoms with Gasteiger partial charge in [0.1, 0.15) is 11.5 Å². The van der Waals surface area contributed by atoms with Gasteiger partial charge >= 0.3 is 0 Å². The molecular weight excluding hydrogens is 224 g/mol. The van der Waals surface area contributed by atoms with Crippen LogP contribution in [0.3, 0.4) is 0 Å². The summed E-state index contributed by atoms with van der Waals surface area (Å²) in [4.78, 5) is 11.7. The van der Waals surface area contributed by atoms with Crippen LogP contribution < -0.4 is 4.74 Å². The molecule has 2 rings (SSSR count). The molecule has 0 bridgehead atoms. The van der Waals surface area contributed by atoms with Crippen LogP contribution in [0, 0.1) is 0 Å². The molecule has 0 saturated heterocycles. The number of hydrogen-bond acceptors (Lipinski definition) is 4. The van der Waals surface area contributed by atoms with E-state index in [1.54, 1.807) is 11.5 Å². The topological polar surface area (TPSA) is 41.9 Å². The molecule has 0 saturated carbocycles. The average molecular weight is 236 g/mol. The maximum atomic E-state index is 10.6. The molecule has 1 aliphatic heterocycles. The summed E-state index contributed by atoms with van der Waals surface area (Å²) in [6, 6.07) is 7.78. The van der Waals surface area contributed by atoms with Crippen LogP contribution in [-0.4, -0.2) is 35.9 Å². The third-order valence-electron chi connectivity index (χ3n) is 2.20. The molecule has 4 nitrogen and oxygen atoms in total. The Morgan fingerprint density at radius 1 is 1.38 bits per heavy atom. The van der Waals surface area contributed by atoms with Crippen LogP contribution >= 0.6 is 10.7 Å². The summed E-state index contributed by atoms with van der Waals surface area (Å²) >= 11 is 0. The smallest absolute Gasteiger partial charge is 0.170 e. The van der Waals surface area contributed by atoms with E-state index in [0.717, 1.165) is 16.9 Å². The van der Waals surface area contributed by atoms with Crippen LogP contribution in [0.25, 0.3) is 0 Å². The first kappa shape index (κ1) is 10.9. The largest absolute Gasteiger partial charge is 0.497 e. The zero-order valence-corrected chi connectivity index (χ0v) is 9.90. The first-order chi connectivity index (χ1) is 7.74. The summed E-state index contributed by atoms with van der Waals surface area (Å²) < 4.78 is 6.89. The number of rotatable bonds is 3. The summed E-state index contributed by atoms with van der Waals surface area (Å²) in [5.74, 6) is 0.825. The Morgan fingerprint density at radius 2 is 2.06 bits per heavy atom. The third kappa shape index (κ3) is 1.99. The second-order valence-corrected chi connectivity index (χ2v) is 5.08. The van der Waals surface area contributed by atoms with Crippen LogP contribution in [0.15, 0.2) is 34.3 Å². The molecule has 0 aromatic heterocycles. The Hall–Kier alpha value is -1.62. The lowest BCUT2D eigenvalue weighted by Gasteiger charge is -2.14. The van der Waals surface area contributed by atoms with Gasteiger partial charge in [0.15, 0.2) is 6.29 Å². The normalized spacial score (nSPS) is 19.0. The fourth-order valence-corrected chi connectivity index (χ4v) is 2.93. The van der Waals surface area contributed by atoms with Crippen LogP contribution in [0.5, 0.6) is 5.75 Å². The molecule has 1 aromatic carbocycles. The quantitative estimate of drug-likeness (QED) is 0.590. The van der Waals surface area contributed by atoms with E-state index < -0.39 is 0 Å². The maximum absolute atomic E-state index is 10.6. The van der Waals surface area contributed by atoms with Crippen LogP contribution in [0.4, 0.5) is 0 Å². The van der Waals surface area contributed by atoms with Gasteiger partial charge in [0.05, 0.1) is 7.11 Å². The summed E-state index contributed by atoms with van der Waals surface area (Å²) in [6.07, 6.45) is 0.771. The molecule has 0 amide bonds. The predicted molar refractivity (Wildman–Crippen MR) is 66.2 cm³/mol. The highest BCUT2D eigenvalue weighted by Crippen LogP contribution is 2.33. The first-order valence-electron chi connectivity index (χ1n) is 4.74. The Morgan fingerprint density at radius 3 is 2.56 bits per heavy atom. The maximum Gasteiger partial charge on any atom is 0.170 e. The number of carbonyl (C=O) groups excluding carboxylic acids is 1. The number of benzene rings is 1. The number of ether oxygens (including phenoxy) is 1. The molecule has 84 valence electrons. The van der Waals surface area contributed by atoms with Crippen molar-refractivity contribution in [2.24, 2.45) is 5.10 Å². The zero-order valence-electron chi connectivity index (χ0n) is 9.08. The lowest BCUT2D eigenvalue weighted by Crippen LogP contribution is -2.00. The fraction of sp³-hybridized carbons (Fsp3) is 0.182. The molecule has 1 aromatic rings. The Labute approximate surface area is 96.6 Å². The van der Waals surface area contributed by atoms with Crippen LogP contribution in [-0.2, 0) is 4.79 Å². The van der Waals surface area contributed by atoms with Crippen molar-refractivity contribution in [3.05, 3.63) is 24.3 Å². The van der Waals surface area contributed by atoms with E-state index in [0.29, 0.717) is 5.71 Å². The fourth-order valence-electron chi connectivity index (χ4n) is 1.41. The van der Waals surface area contributed by atoms with Gasteiger partial charge in [-0.05, 0) is 34.9 Å². The predicted octanol–water partition coefficient (Wildman–Crippen LogP) is 1.54. The van der Waals surface area contributed by atoms with Gasteiger partial charge < -0.3 is 4.74 Å². The molecule has 0 aliphatic carbocycles. The Balaban J connectivity index is 2.29. The van der Waals surface area contributed by atoms with Gasteiger partial charge in [-0.1, -0.05) is 0 Å². The number of carbonyl (C=O) groups is 1. The average Bonchev–Trinajstić information content (AvgIpc) is 2.71. The third-order valence-corrected chi connectivity index (χ3v) is 4.07. The van der Waals surface area contributed by atoms with Crippen molar-refractivity contribution in [2.45, 2.75) is 4.90 Å². The highest BCUT2D eigenvalue weighted by Gasteiger charge is 2.13. The number of hydrazone groups is 1. The van der Waals surface area contributed by atoms with Crippen molar-refractivity contribution in [2.75, 3.05) is 14.2 Å². The summed E-state index contributed by atoms with van der Waals surface area (Å²) in [6.45, 7) is 0. The summed E-state index contributed by atoms with van der Waals surface area (Å²) in [7, 11) is 3.24. The minimum absolute atomic E-state index is 0.258. The van der Waals surface area contributed by atoms with Gasteiger partial charge in [-0.25, -0.2) is 4.41 Å². The van der Waals surface area contributed by atoms with E-state index in [9.17, 15) is 4.79 Å². The first-order valence-corrected chi connectivity index (χ1v) is 5.98. The summed E-state index contributed by atoms with van der Waals surface area (Å²) in [5.41, 5.74) is 0.488. The molecule has 1 unspecified atom stereocenters. The van der Waals surface area contributed by atoms with Gasteiger partial charge in [0.2, 0.25) is 0 Å². The zero-order chi connectivity index (χ0) is 11.5. The SMILES string of the molecule is COc1ccc(S2=CC(C=O)=NN2C)cc1. The number of methoxy groups -OCH3 is 1. The molecule has 0 N–H and O–H groups in total. The van der Waals surface area contributed by atoms with Crippen molar-refractivity contribution in [1.82, 2.24) is 4.41 Å². The monoisotopic (exact) mass is 236 g/mol. The van der Waals surface area contributed by atoms with E-state index in [1.807, 2.05) is 36.7 Å². The van der Waals surface area contributed by atoms with Gasteiger partial charge in [0.25, 0.3) is 0 Å². The highest BCUT2D eigenvalue weighted by molar-refractivity contribution is 8.14. The Bertz CT molecular complexity index is 465. The van der Waals surface area contributed by atoms with Crippen molar-refractivity contribution in [3.63, 3.8) is 0 Å².